The molecule has 1 aliphatic carbocycles. The lowest BCUT2D eigenvalue weighted by Gasteiger charge is -2.16. The zero-order chi connectivity index (χ0) is 15.1. The molecule has 4 heteroatoms. The van der Waals surface area contributed by atoms with E-state index in [1.807, 2.05) is 12.1 Å². The molecule has 0 radical (unpaired) electrons. The third kappa shape index (κ3) is 4.79. The lowest BCUT2D eigenvalue weighted by molar-refractivity contribution is 0.241. The van der Waals surface area contributed by atoms with Crippen LogP contribution in [-0.2, 0) is 6.54 Å². The van der Waals surface area contributed by atoms with E-state index < -0.39 is 0 Å². The maximum absolute atomic E-state index is 6.38. The van der Waals surface area contributed by atoms with Crippen LogP contribution in [0.25, 0.3) is 0 Å². The molecule has 3 nitrogen and oxygen atoms in total. The Hall–Kier alpha value is -0.930. The molecule has 0 heterocycles. The average Bonchev–Trinajstić information content (AvgIpc) is 2.99. The monoisotopic (exact) mass is 311 g/mol. The van der Waals surface area contributed by atoms with E-state index in [9.17, 15) is 0 Å². The Morgan fingerprint density at radius 3 is 2.71 bits per heavy atom. The molecule has 0 spiro atoms. The van der Waals surface area contributed by atoms with Crippen molar-refractivity contribution in [3.05, 3.63) is 22.7 Å². The molecule has 0 atom stereocenters. The van der Waals surface area contributed by atoms with E-state index in [-0.39, 0.29) is 0 Å². The van der Waals surface area contributed by atoms with E-state index in [1.54, 1.807) is 7.11 Å². The molecule has 0 amide bonds. The highest BCUT2D eigenvalue weighted by Gasteiger charge is 2.18. The average molecular weight is 312 g/mol. The summed E-state index contributed by atoms with van der Waals surface area (Å²) in [7, 11) is 1.66. The molecule has 0 unspecified atom stereocenters. The predicted molar refractivity (Wildman–Crippen MR) is 87.5 cm³/mol. The molecule has 21 heavy (non-hydrogen) atoms. The number of nitrogens with one attached hydrogen (secondary N) is 1. The number of halogens is 1. The summed E-state index contributed by atoms with van der Waals surface area (Å²) < 4.78 is 11.4. The first kappa shape index (κ1) is 16.4. The first-order valence-corrected chi connectivity index (χ1v) is 8.32. The largest absolute Gasteiger partial charge is 0.493 e. The molecule has 0 aliphatic heterocycles. The fraction of sp³-hybridized carbons (Fsp3) is 0.647. The van der Waals surface area contributed by atoms with Gasteiger partial charge in [-0.05, 0) is 49.4 Å². The smallest absolute Gasteiger partial charge is 0.179 e. The Bertz CT molecular complexity index is 445. The standard InChI is InChI=1S/C17H26ClNO2/c1-3-8-19-11-14-9-15(18)17(16(10-14)20-2)21-12-13-6-4-5-7-13/h9-10,13,19H,3-8,11-12H2,1-2H3. The van der Waals surface area contributed by atoms with E-state index in [0.717, 1.165) is 37.4 Å². The second-order valence-corrected chi connectivity index (χ2v) is 6.15. The molecule has 0 bridgehead atoms. The Labute approximate surface area is 133 Å². The minimum Gasteiger partial charge on any atom is -0.493 e. The number of ether oxygens (including phenoxy) is 2. The minimum absolute atomic E-state index is 0.639. The van der Waals surface area contributed by atoms with Crippen molar-refractivity contribution in [1.82, 2.24) is 5.32 Å². The quantitative estimate of drug-likeness (QED) is 0.721. The van der Waals surface area contributed by atoms with Gasteiger partial charge in [-0.2, -0.15) is 0 Å². The van der Waals surface area contributed by atoms with Crippen molar-refractivity contribution in [1.29, 1.82) is 0 Å². The van der Waals surface area contributed by atoms with Crippen LogP contribution >= 0.6 is 11.6 Å². The van der Waals surface area contributed by atoms with Gasteiger partial charge in [0.15, 0.2) is 11.5 Å². The molecule has 1 aliphatic rings. The number of hydrogen-bond acceptors (Lipinski definition) is 3. The summed E-state index contributed by atoms with van der Waals surface area (Å²) in [6.45, 7) is 4.69. The topological polar surface area (TPSA) is 30.5 Å². The fourth-order valence-corrected chi connectivity index (χ4v) is 3.09. The SMILES string of the molecule is CCCNCc1cc(Cl)c(OCC2CCCC2)c(OC)c1. The summed E-state index contributed by atoms with van der Waals surface area (Å²) >= 11 is 6.38. The van der Waals surface area contributed by atoms with Gasteiger partial charge in [0.2, 0.25) is 0 Å². The van der Waals surface area contributed by atoms with Gasteiger partial charge in [-0.3, -0.25) is 0 Å². The molecular weight excluding hydrogens is 286 g/mol. The summed E-state index contributed by atoms with van der Waals surface area (Å²) in [6.07, 6.45) is 6.28. The van der Waals surface area contributed by atoms with E-state index in [4.69, 9.17) is 21.1 Å². The first-order chi connectivity index (χ1) is 10.2. The van der Waals surface area contributed by atoms with Gasteiger partial charge >= 0.3 is 0 Å². The van der Waals surface area contributed by atoms with Crippen LogP contribution in [0.2, 0.25) is 5.02 Å². The summed E-state index contributed by atoms with van der Waals surface area (Å²) in [6, 6.07) is 3.98. The van der Waals surface area contributed by atoms with Gasteiger partial charge in [0.1, 0.15) is 0 Å². The van der Waals surface area contributed by atoms with Gasteiger partial charge < -0.3 is 14.8 Å². The third-order valence-electron chi connectivity index (χ3n) is 3.98. The molecule has 0 saturated heterocycles. The number of benzene rings is 1. The van der Waals surface area contributed by atoms with E-state index >= 15 is 0 Å². The summed E-state index contributed by atoms with van der Waals surface area (Å²) in [4.78, 5) is 0. The van der Waals surface area contributed by atoms with E-state index in [1.165, 1.54) is 25.7 Å². The highest BCUT2D eigenvalue weighted by atomic mass is 35.5. The summed E-state index contributed by atoms with van der Waals surface area (Å²) in [5.74, 6) is 2.08. The predicted octanol–water partition coefficient (Wildman–Crippen LogP) is 4.42. The fourth-order valence-electron chi connectivity index (χ4n) is 2.80. The molecule has 2 rings (SSSR count). The number of hydrogen-bond donors (Lipinski definition) is 1. The first-order valence-electron chi connectivity index (χ1n) is 7.94. The van der Waals surface area contributed by atoms with Crippen molar-refractivity contribution in [3.8, 4) is 11.5 Å². The number of methoxy groups -OCH3 is 1. The van der Waals surface area contributed by atoms with Crippen molar-refractivity contribution in [2.24, 2.45) is 5.92 Å². The Balaban J connectivity index is 2.01. The highest BCUT2D eigenvalue weighted by Crippen LogP contribution is 2.37. The van der Waals surface area contributed by atoms with Gasteiger partial charge in [0, 0.05) is 6.54 Å². The highest BCUT2D eigenvalue weighted by molar-refractivity contribution is 6.32. The van der Waals surface area contributed by atoms with E-state index in [0.29, 0.717) is 16.7 Å². The van der Waals surface area contributed by atoms with Crippen molar-refractivity contribution in [2.75, 3.05) is 20.3 Å². The van der Waals surface area contributed by atoms with Gasteiger partial charge in [0.05, 0.1) is 18.7 Å². The number of rotatable bonds is 8. The summed E-state index contributed by atoms with van der Waals surface area (Å²) in [5.41, 5.74) is 1.12. The Morgan fingerprint density at radius 1 is 1.29 bits per heavy atom. The molecule has 1 aromatic rings. The van der Waals surface area contributed by atoms with Gasteiger partial charge in [-0.25, -0.2) is 0 Å². The van der Waals surface area contributed by atoms with Gasteiger partial charge in [-0.1, -0.05) is 31.4 Å². The van der Waals surface area contributed by atoms with Crippen molar-refractivity contribution >= 4 is 11.6 Å². The second kappa shape index (κ2) is 8.50. The lowest BCUT2D eigenvalue weighted by Crippen LogP contribution is -2.14. The summed E-state index contributed by atoms with van der Waals surface area (Å²) in [5, 5.41) is 4.01. The normalized spacial score (nSPS) is 15.4. The van der Waals surface area contributed by atoms with Crippen LogP contribution in [0.1, 0.15) is 44.6 Å². The van der Waals surface area contributed by atoms with Crippen LogP contribution < -0.4 is 14.8 Å². The van der Waals surface area contributed by atoms with Crippen LogP contribution in [-0.4, -0.2) is 20.3 Å². The van der Waals surface area contributed by atoms with Crippen molar-refractivity contribution in [3.63, 3.8) is 0 Å². The zero-order valence-corrected chi connectivity index (χ0v) is 13.8. The molecule has 1 N–H and O–H groups in total. The second-order valence-electron chi connectivity index (χ2n) is 5.75. The molecule has 0 aromatic heterocycles. The van der Waals surface area contributed by atoms with Crippen molar-refractivity contribution in [2.45, 2.75) is 45.6 Å². The zero-order valence-electron chi connectivity index (χ0n) is 13.1. The maximum atomic E-state index is 6.38. The molecular formula is C17H26ClNO2. The minimum atomic E-state index is 0.639. The molecule has 1 fully saturated rings. The van der Waals surface area contributed by atoms with Crippen LogP contribution in [0, 0.1) is 5.92 Å². The van der Waals surface area contributed by atoms with Crippen LogP contribution in [0.5, 0.6) is 11.5 Å². The maximum Gasteiger partial charge on any atom is 0.179 e. The van der Waals surface area contributed by atoms with Crippen molar-refractivity contribution < 1.29 is 9.47 Å². The molecule has 1 aromatic carbocycles. The van der Waals surface area contributed by atoms with E-state index in [2.05, 4.69) is 12.2 Å². The Morgan fingerprint density at radius 2 is 2.05 bits per heavy atom. The van der Waals surface area contributed by atoms with Gasteiger partial charge in [-0.15, -0.1) is 0 Å². The third-order valence-corrected chi connectivity index (χ3v) is 4.26. The van der Waals surface area contributed by atoms with Crippen LogP contribution in [0.4, 0.5) is 0 Å². The molecule has 118 valence electrons. The van der Waals surface area contributed by atoms with Gasteiger partial charge in [0.25, 0.3) is 0 Å². The lowest BCUT2D eigenvalue weighted by atomic mass is 10.1. The van der Waals surface area contributed by atoms with Crippen LogP contribution in [0.3, 0.4) is 0 Å². The van der Waals surface area contributed by atoms with Crippen LogP contribution in [0.15, 0.2) is 12.1 Å². The Kier molecular flexibility index (Phi) is 6.65. The molecule has 1 saturated carbocycles.